The molecule has 0 aliphatic carbocycles. The third-order valence-corrected chi connectivity index (χ3v) is 5.21. The minimum absolute atomic E-state index is 0.0169. The number of esters is 1. The second kappa shape index (κ2) is 5.03. The summed E-state index contributed by atoms with van der Waals surface area (Å²) in [5.74, 6) is 0.107. The summed E-state index contributed by atoms with van der Waals surface area (Å²) in [5.41, 5.74) is 0.704. The van der Waals surface area contributed by atoms with Crippen LogP contribution >= 0.6 is 0 Å². The first-order valence-electron chi connectivity index (χ1n) is 6.42. The predicted molar refractivity (Wildman–Crippen MR) is 73.6 cm³/mol. The molecule has 0 N–H and O–H groups in total. The zero-order chi connectivity index (χ0) is 15.0. The van der Waals surface area contributed by atoms with Gasteiger partial charge in [0.05, 0.1) is 30.9 Å². The maximum absolute atomic E-state index is 11.7. The second-order valence-corrected chi connectivity index (χ2v) is 7.11. The van der Waals surface area contributed by atoms with Crippen molar-refractivity contribution in [2.24, 2.45) is 0 Å². The van der Waals surface area contributed by atoms with Crippen molar-refractivity contribution < 1.29 is 22.4 Å². The van der Waals surface area contributed by atoms with Gasteiger partial charge in [-0.2, -0.15) is 5.10 Å². The molecular formula is C13H14N2O5S. The van der Waals surface area contributed by atoms with Gasteiger partial charge in [0.2, 0.25) is 0 Å². The van der Waals surface area contributed by atoms with Crippen molar-refractivity contribution in [3.05, 3.63) is 30.2 Å². The summed E-state index contributed by atoms with van der Waals surface area (Å²) in [4.78, 5) is 11.6. The molecule has 3 heterocycles. The molecule has 112 valence electrons. The monoisotopic (exact) mass is 310 g/mol. The minimum atomic E-state index is -3.05. The highest BCUT2D eigenvalue weighted by molar-refractivity contribution is 7.91. The van der Waals surface area contributed by atoms with Gasteiger partial charge < -0.3 is 9.15 Å². The van der Waals surface area contributed by atoms with E-state index in [1.165, 1.54) is 13.4 Å². The first kappa shape index (κ1) is 13.9. The summed E-state index contributed by atoms with van der Waals surface area (Å²) in [6, 6.07) is 4.71. The molecule has 21 heavy (non-hydrogen) atoms. The molecule has 1 aliphatic rings. The van der Waals surface area contributed by atoms with E-state index in [0.29, 0.717) is 17.9 Å². The Morgan fingerprint density at radius 2 is 2.33 bits per heavy atom. The van der Waals surface area contributed by atoms with Crippen molar-refractivity contribution in [1.29, 1.82) is 0 Å². The topological polar surface area (TPSA) is 91.4 Å². The van der Waals surface area contributed by atoms with E-state index in [1.807, 2.05) is 0 Å². The Bertz CT molecular complexity index is 761. The molecule has 1 aliphatic heterocycles. The van der Waals surface area contributed by atoms with E-state index in [-0.39, 0.29) is 23.2 Å². The number of methoxy groups -OCH3 is 1. The summed E-state index contributed by atoms with van der Waals surface area (Å²) in [5, 5.41) is 4.20. The van der Waals surface area contributed by atoms with E-state index < -0.39 is 15.8 Å². The van der Waals surface area contributed by atoms with Crippen LogP contribution in [0.2, 0.25) is 0 Å². The highest BCUT2D eigenvalue weighted by Crippen LogP contribution is 2.30. The Hall–Kier alpha value is -2.09. The second-order valence-electron chi connectivity index (χ2n) is 4.89. The van der Waals surface area contributed by atoms with Gasteiger partial charge in [-0.05, 0) is 18.6 Å². The maximum atomic E-state index is 11.7. The summed E-state index contributed by atoms with van der Waals surface area (Å²) in [6.45, 7) is 0. The van der Waals surface area contributed by atoms with Crippen LogP contribution in [0, 0.1) is 0 Å². The first-order valence-corrected chi connectivity index (χ1v) is 8.24. The number of carbonyl (C=O) groups is 1. The Morgan fingerprint density at radius 3 is 2.90 bits per heavy atom. The number of ether oxygens (including phenoxy) is 1. The van der Waals surface area contributed by atoms with Crippen molar-refractivity contribution in [1.82, 2.24) is 9.78 Å². The number of furan rings is 1. The number of sulfone groups is 1. The lowest BCUT2D eigenvalue weighted by Crippen LogP contribution is -2.14. The molecule has 0 radical (unpaired) electrons. The number of rotatable bonds is 3. The number of carbonyl (C=O) groups excluding carboxylic acids is 1. The molecule has 0 saturated carbocycles. The van der Waals surface area contributed by atoms with E-state index in [4.69, 9.17) is 4.42 Å². The SMILES string of the molecule is COC(=O)c1cc(-c2ccco2)n(C2CCS(=O)(=O)C2)n1. The highest BCUT2D eigenvalue weighted by atomic mass is 32.2. The van der Waals surface area contributed by atoms with E-state index >= 15 is 0 Å². The number of nitrogens with zero attached hydrogens (tertiary/aromatic N) is 2. The highest BCUT2D eigenvalue weighted by Gasteiger charge is 2.32. The first-order chi connectivity index (χ1) is 10.00. The van der Waals surface area contributed by atoms with Crippen molar-refractivity contribution in [3.63, 3.8) is 0 Å². The fraction of sp³-hybridized carbons (Fsp3) is 0.385. The van der Waals surface area contributed by atoms with Gasteiger partial charge in [0.15, 0.2) is 21.3 Å². The van der Waals surface area contributed by atoms with Crippen LogP contribution in [0.15, 0.2) is 28.9 Å². The molecule has 0 bridgehead atoms. The molecule has 0 aromatic carbocycles. The Labute approximate surface area is 121 Å². The van der Waals surface area contributed by atoms with Crippen LogP contribution in [-0.4, -0.2) is 42.8 Å². The van der Waals surface area contributed by atoms with Gasteiger partial charge in [-0.3, -0.25) is 4.68 Å². The van der Waals surface area contributed by atoms with Gasteiger partial charge in [-0.1, -0.05) is 0 Å². The van der Waals surface area contributed by atoms with Gasteiger partial charge >= 0.3 is 5.97 Å². The van der Waals surface area contributed by atoms with E-state index in [2.05, 4.69) is 9.84 Å². The molecular weight excluding hydrogens is 296 g/mol. The molecule has 2 aromatic heterocycles. The standard InChI is InChI=1S/C13H14N2O5S/c1-19-13(16)10-7-11(12-3-2-5-20-12)15(14-10)9-4-6-21(17,18)8-9/h2-3,5,7,9H,4,6,8H2,1H3. The van der Waals surface area contributed by atoms with E-state index in [1.54, 1.807) is 22.9 Å². The smallest absolute Gasteiger partial charge is 0.358 e. The zero-order valence-electron chi connectivity index (χ0n) is 11.4. The number of hydrogen-bond donors (Lipinski definition) is 0. The Kier molecular flexibility index (Phi) is 3.32. The van der Waals surface area contributed by atoms with E-state index in [0.717, 1.165) is 0 Å². The summed E-state index contributed by atoms with van der Waals surface area (Å²) in [7, 11) is -1.78. The third-order valence-electron chi connectivity index (χ3n) is 3.46. The van der Waals surface area contributed by atoms with Crippen LogP contribution in [0.25, 0.3) is 11.5 Å². The minimum Gasteiger partial charge on any atom is -0.464 e. The lowest BCUT2D eigenvalue weighted by atomic mass is 10.2. The summed E-state index contributed by atoms with van der Waals surface area (Å²) < 4.78 is 34.9. The van der Waals surface area contributed by atoms with Gasteiger partial charge in [0.1, 0.15) is 5.69 Å². The molecule has 3 rings (SSSR count). The molecule has 0 spiro atoms. The number of hydrogen-bond acceptors (Lipinski definition) is 6. The molecule has 8 heteroatoms. The zero-order valence-corrected chi connectivity index (χ0v) is 12.2. The van der Waals surface area contributed by atoms with E-state index in [9.17, 15) is 13.2 Å². The quantitative estimate of drug-likeness (QED) is 0.793. The van der Waals surface area contributed by atoms with Crippen molar-refractivity contribution in [3.8, 4) is 11.5 Å². The molecule has 1 fully saturated rings. The molecule has 1 unspecified atom stereocenters. The van der Waals surface area contributed by atoms with Crippen LogP contribution < -0.4 is 0 Å². The van der Waals surface area contributed by atoms with Gasteiger partial charge in [0.25, 0.3) is 0 Å². The van der Waals surface area contributed by atoms with Crippen LogP contribution in [0.3, 0.4) is 0 Å². The normalized spacial score (nSPS) is 20.5. The lowest BCUT2D eigenvalue weighted by molar-refractivity contribution is 0.0592. The molecule has 0 amide bonds. The van der Waals surface area contributed by atoms with Gasteiger partial charge in [-0.25, -0.2) is 13.2 Å². The van der Waals surface area contributed by atoms with Crippen molar-refractivity contribution in [2.45, 2.75) is 12.5 Å². The predicted octanol–water partition coefficient (Wildman–Crippen LogP) is 1.29. The van der Waals surface area contributed by atoms with Gasteiger partial charge in [-0.15, -0.1) is 0 Å². The summed E-state index contributed by atoms with van der Waals surface area (Å²) >= 11 is 0. The largest absolute Gasteiger partial charge is 0.464 e. The molecule has 7 nitrogen and oxygen atoms in total. The summed E-state index contributed by atoms with van der Waals surface area (Å²) in [6.07, 6.45) is 1.98. The molecule has 1 atom stereocenters. The average Bonchev–Trinajstić information content (AvgIpc) is 3.14. The van der Waals surface area contributed by atoms with Crippen LogP contribution in [0.4, 0.5) is 0 Å². The number of aromatic nitrogens is 2. The van der Waals surface area contributed by atoms with Crippen LogP contribution in [-0.2, 0) is 14.6 Å². The molecule has 1 saturated heterocycles. The average molecular weight is 310 g/mol. The Balaban J connectivity index is 2.06. The fourth-order valence-electron chi connectivity index (χ4n) is 2.45. The molecule has 2 aromatic rings. The van der Waals surface area contributed by atoms with Crippen molar-refractivity contribution in [2.75, 3.05) is 18.6 Å². The lowest BCUT2D eigenvalue weighted by Gasteiger charge is -2.11. The van der Waals surface area contributed by atoms with Crippen molar-refractivity contribution >= 4 is 15.8 Å². The fourth-order valence-corrected chi connectivity index (χ4v) is 4.15. The van der Waals surface area contributed by atoms with Crippen LogP contribution in [0.1, 0.15) is 23.0 Å². The van der Waals surface area contributed by atoms with Crippen LogP contribution in [0.5, 0.6) is 0 Å². The Morgan fingerprint density at radius 1 is 1.52 bits per heavy atom. The third kappa shape index (κ3) is 2.58. The maximum Gasteiger partial charge on any atom is 0.358 e. The van der Waals surface area contributed by atoms with Gasteiger partial charge in [0, 0.05) is 6.07 Å².